The minimum absolute atomic E-state index is 0.000741. The standard InChI is InChI=1S/C22H20N2O5S2/c25-21(23-14-18-7-4-12-30-18)15-29-22(26)17-6-3-8-19(13-17)31(27,28)24-11-10-16-5-1-2-9-20(16)24/h1-9,12-13H,10-11,14-15H2,(H,23,25). The molecule has 2 aromatic carbocycles. The molecule has 0 unspecified atom stereocenters. The number of thiophene rings is 1. The predicted molar refractivity (Wildman–Crippen MR) is 118 cm³/mol. The summed E-state index contributed by atoms with van der Waals surface area (Å²) in [4.78, 5) is 25.3. The van der Waals surface area contributed by atoms with E-state index < -0.39 is 28.5 Å². The lowest BCUT2D eigenvalue weighted by Crippen LogP contribution is -2.29. The Balaban J connectivity index is 1.42. The zero-order valence-corrected chi connectivity index (χ0v) is 18.1. The van der Waals surface area contributed by atoms with Gasteiger partial charge in [-0.15, -0.1) is 11.3 Å². The highest BCUT2D eigenvalue weighted by Crippen LogP contribution is 2.32. The number of hydrogen-bond donors (Lipinski definition) is 1. The summed E-state index contributed by atoms with van der Waals surface area (Å²) >= 11 is 1.51. The molecule has 0 fully saturated rings. The molecule has 0 spiro atoms. The van der Waals surface area contributed by atoms with Crippen molar-refractivity contribution in [3.63, 3.8) is 0 Å². The van der Waals surface area contributed by atoms with Gasteiger partial charge >= 0.3 is 5.97 Å². The van der Waals surface area contributed by atoms with Crippen molar-refractivity contribution >= 4 is 38.9 Å². The van der Waals surface area contributed by atoms with Crippen LogP contribution in [0.25, 0.3) is 0 Å². The van der Waals surface area contributed by atoms with Crippen LogP contribution in [0.15, 0.2) is 70.9 Å². The Morgan fingerprint density at radius 2 is 1.90 bits per heavy atom. The van der Waals surface area contributed by atoms with Crippen molar-refractivity contribution in [2.45, 2.75) is 17.9 Å². The number of nitrogens with zero attached hydrogens (tertiary/aromatic N) is 1. The Morgan fingerprint density at radius 1 is 1.06 bits per heavy atom. The van der Waals surface area contributed by atoms with E-state index in [0.717, 1.165) is 10.4 Å². The molecule has 0 atom stereocenters. The van der Waals surface area contributed by atoms with E-state index in [0.29, 0.717) is 25.2 Å². The van der Waals surface area contributed by atoms with Crippen molar-refractivity contribution in [2.75, 3.05) is 17.5 Å². The van der Waals surface area contributed by atoms with E-state index in [9.17, 15) is 18.0 Å². The summed E-state index contributed by atoms with van der Waals surface area (Å²) in [6.45, 7) is 0.264. The molecule has 1 N–H and O–H groups in total. The van der Waals surface area contributed by atoms with Crippen molar-refractivity contribution in [1.29, 1.82) is 0 Å². The van der Waals surface area contributed by atoms with Gasteiger partial charge < -0.3 is 10.1 Å². The molecule has 0 saturated carbocycles. The van der Waals surface area contributed by atoms with Crippen LogP contribution in [-0.4, -0.2) is 33.4 Å². The Kier molecular flexibility index (Phi) is 6.06. The second-order valence-electron chi connectivity index (χ2n) is 6.92. The van der Waals surface area contributed by atoms with E-state index in [1.807, 2.05) is 29.6 Å². The molecule has 0 bridgehead atoms. The Morgan fingerprint density at radius 3 is 2.71 bits per heavy atom. The van der Waals surface area contributed by atoms with Crippen LogP contribution in [0.3, 0.4) is 0 Å². The molecule has 1 amide bonds. The summed E-state index contributed by atoms with van der Waals surface area (Å²) < 4.78 is 32.7. The van der Waals surface area contributed by atoms with Gasteiger partial charge in [0.2, 0.25) is 0 Å². The molecule has 0 radical (unpaired) electrons. The monoisotopic (exact) mass is 456 g/mol. The normalized spacial score (nSPS) is 13.0. The van der Waals surface area contributed by atoms with Crippen LogP contribution in [0.4, 0.5) is 5.69 Å². The summed E-state index contributed by atoms with van der Waals surface area (Å²) in [6.07, 6.45) is 0.637. The zero-order chi connectivity index (χ0) is 21.8. The molecular formula is C22H20N2O5S2. The maximum absolute atomic E-state index is 13.1. The van der Waals surface area contributed by atoms with E-state index >= 15 is 0 Å². The first-order valence-corrected chi connectivity index (χ1v) is 11.9. The molecular weight excluding hydrogens is 436 g/mol. The Labute approximate surface area is 184 Å². The number of anilines is 1. The fraction of sp³-hybridized carbons (Fsp3) is 0.182. The number of fused-ring (bicyclic) bond motifs is 1. The van der Waals surface area contributed by atoms with Gasteiger partial charge in [0.1, 0.15) is 0 Å². The lowest BCUT2D eigenvalue weighted by molar-refractivity contribution is -0.124. The minimum Gasteiger partial charge on any atom is -0.452 e. The number of benzene rings is 2. The number of hydrogen-bond acceptors (Lipinski definition) is 6. The number of amides is 1. The van der Waals surface area contributed by atoms with Gasteiger partial charge in [-0.1, -0.05) is 30.3 Å². The van der Waals surface area contributed by atoms with E-state index in [2.05, 4.69) is 5.32 Å². The number of sulfonamides is 1. The van der Waals surface area contributed by atoms with Crippen LogP contribution in [0.2, 0.25) is 0 Å². The van der Waals surface area contributed by atoms with Crippen LogP contribution in [0.5, 0.6) is 0 Å². The lowest BCUT2D eigenvalue weighted by atomic mass is 10.2. The summed E-state index contributed by atoms with van der Waals surface area (Å²) in [6, 6.07) is 16.8. The van der Waals surface area contributed by atoms with Crippen LogP contribution >= 0.6 is 11.3 Å². The molecule has 1 aliphatic heterocycles. The number of carbonyl (C=O) groups is 2. The van der Waals surface area contributed by atoms with Crippen molar-refractivity contribution in [3.8, 4) is 0 Å². The zero-order valence-electron chi connectivity index (χ0n) is 16.5. The van der Waals surface area contributed by atoms with Gasteiger partial charge in [0.25, 0.3) is 15.9 Å². The minimum atomic E-state index is -3.83. The molecule has 31 heavy (non-hydrogen) atoms. The van der Waals surface area contributed by atoms with Crippen LogP contribution in [-0.2, 0) is 32.5 Å². The van der Waals surface area contributed by atoms with E-state index in [1.165, 1.54) is 39.9 Å². The number of ether oxygens (including phenoxy) is 1. The third kappa shape index (κ3) is 4.62. The molecule has 3 aromatic rings. The van der Waals surface area contributed by atoms with E-state index in [4.69, 9.17) is 4.74 Å². The van der Waals surface area contributed by atoms with Crippen LogP contribution in [0.1, 0.15) is 20.8 Å². The van der Waals surface area contributed by atoms with Crippen LogP contribution < -0.4 is 9.62 Å². The number of para-hydroxylation sites is 1. The van der Waals surface area contributed by atoms with Crippen molar-refractivity contribution < 1.29 is 22.7 Å². The molecule has 9 heteroatoms. The van der Waals surface area contributed by atoms with Gasteiger partial charge in [-0.25, -0.2) is 13.2 Å². The summed E-state index contributed by atoms with van der Waals surface area (Å²) in [5.41, 5.74) is 1.69. The first-order valence-electron chi connectivity index (χ1n) is 9.62. The van der Waals surface area contributed by atoms with E-state index in [1.54, 1.807) is 12.1 Å². The molecule has 4 rings (SSSR count). The highest BCUT2D eigenvalue weighted by Gasteiger charge is 2.31. The van der Waals surface area contributed by atoms with Gasteiger partial charge in [0.05, 0.1) is 22.7 Å². The molecule has 7 nitrogen and oxygen atoms in total. The third-order valence-corrected chi connectivity index (χ3v) is 7.56. The fourth-order valence-corrected chi connectivity index (χ4v) is 5.53. The molecule has 1 aromatic heterocycles. The summed E-state index contributed by atoms with van der Waals surface area (Å²) in [5.74, 6) is -1.19. The van der Waals surface area contributed by atoms with Gasteiger partial charge in [-0.05, 0) is 47.7 Å². The lowest BCUT2D eigenvalue weighted by Gasteiger charge is -2.19. The van der Waals surface area contributed by atoms with Crippen molar-refractivity contribution in [3.05, 3.63) is 82.0 Å². The predicted octanol–water partition coefficient (Wildman–Crippen LogP) is 2.97. The van der Waals surface area contributed by atoms with Crippen LogP contribution in [0, 0.1) is 0 Å². The highest BCUT2D eigenvalue weighted by atomic mass is 32.2. The molecule has 2 heterocycles. The highest BCUT2D eigenvalue weighted by molar-refractivity contribution is 7.92. The maximum atomic E-state index is 13.1. The van der Waals surface area contributed by atoms with E-state index in [-0.39, 0.29) is 10.5 Å². The van der Waals surface area contributed by atoms with Crippen molar-refractivity contribution in [1.82, 2.24) is 5.32 Å². The molecule has 160 valence electrons. The Hall–Kier alpha value is -3.17. The average molecular weight is 457 g/mol. The smallest absolute Gasteiger partial charge is 0.338 e. The van der Waals surface area contributed by atoms with Gasteiger partial charge in [-0.3, -0.25) is 9.10 Å². The fourth-order valence-electron chi connectivity index (χ4n) is 3.33. The Bertz CT molecular complexity index is 1210. The number of carbonyl (C=O) groups excluding carboxylic acids is 2. The summed E-state index contributed by atoms with van der Waals surface area (Å²) in [5, 5.41) is 4.57. The first kappa shape index (κ1) is 21.1. The third-order valence-electron chi connectivity index (χ3n) is 4.88. The second-order valence-corrected chi connectivity index (χ2v) is 9.81. The SMILES string of the molecule is O=C(COC(=O)c1cccc(S(=O)(=O)N2CCc3ccccc32)c1)NCc1cccs1. The first-order chi connectivity index (χ1) is 14.9. The topological polar surface area (TPSA) is 92.8 Å². The van der Waals surface area contributed by atoms with Gasteiger partial charge in [-0.2, -0.15) is 0 Å². The second kappa shape index (κ2) is 8.91. The quantitative estimate of drug-likeness (QED) is 0.552. The summed E-state index contributed by atoms with van der Waals surface area (Å²) in [7, 11) is -3.83. The molecule has 0 saturated heterocycles. The largest absolute Gasteiger partial charge is 0.452 e. The van der Waals surface area contributed by atoms with Crippen molar-refractivity contribution in [2.24, 2.45) is 0 Å². The number of rotatable bonds is 7. The maximum Gasteiger partial charge on any atom is 0.338 e. The van der Waals surface area contributed by atoms with Gasteiger partial charge in [0, 0.05) is 11.4 Å². The molecule has 1 aliphatic rings. The van der Waals surface area contributed by atoms with Gasteiger partial charge in [0.15, 0.2) is 6.61 Å². The number of nitrogens with one attached hydrogen (secondary N) is 1. The molecule has 0 aliphatic carbocycles. The average Bonchev–Trinajstić information content (AvgIpc) is 3.46. The number of esters is 1.